The van der Waals surface area contributed by atoms with E-state index < -0.39 is 5.54 Å². The van der Waals surface area contributed by atoms with Crippen molar-refractivity contribution in [3.63, 3.8) is 0 Å². The minimum absolute atomic E-state index is 0.0124. The van der Waals surface area contributed by atoms with Crippen LogP contribution in [0.4, 0.5) is 10.5 Å². The van der Waals surface area contributed by atoms with Gasteiger partial charge in [0.15, 0.2) is 0 Å². The molecular formula is C29H35N3O3S. The number of aryl methyl sites for hydroxylation is 2. The molecule has 3 aromatic rings. The van der Waals surface area contributed by atoms with Crippen LogP contribution in [0.1, 0.15) is 48.4 Å². The second-order valence-electron chi connectivity index (χ2n) is 10.3. The van der Waals surface area contributed by atoms with Gasteiger partial charge in [-0.3, -0.25) is 4.79 Å². The van der Waals surface area contributed by atoms with Gasteiger partial charge in [0.05, 0.1) is 6.04 Å². The summed E-state index contributed by atoms with van der Waals surface area (Å²) >= 11 is 1.72. The van der Waals surface area contributed by atoms with Crippen LogP contribution in [0.2, 0.25) is 0 Å². The molecule has 7 heteroatoms. The maximum atomic E-state index is 13.7. The Balaban J connectivity index is 1.52. The first-order chi connectivity index (χ1) is 17.1. The summed E-state index contributed by atoms with van der Waals surface area (Å²) in [6.07, 6.45) is 0.810. The fourth-order valence-corrected chi connectivity index (χ4v) is 5.36. The van der Waals surface area contributed by atoms with Crippen molar-refractivity contribution in [3.05, 3.63) is 81.5 Å². The number of anilines is 1. The van der Waals surface area contributed by atoms with Gasteiger partial charge in [0.2, 0.25) is 5.91 Å². The number of fused-ring (bicyclic) bond motifs is 1. The van der Waals surface area contributed by atoms with Crippen molar-refractivity contribution in [1.82, 2.24) is 9.80 Å². The summed E-state index contributed by atoms with van der Waals surface area (Å²) in [6.45, 7) is 10.8. The highest BCUT2D eigenvalue weighted by Crippen LogP contribution is 2.34. The number of amides is 3. The van der Waals surface area contributed by atoms with Crippen LogP contribution in [0.3, 0.4) is 0 Å². The van der Waals surface area contributed by atoms with E-state index in [1.165, 1.54) is 4.88 Å². The van der Waals surface area contributed by atoms with Gasteiger partial charge in [-0.2, -0.15) is 0 Å². The highest BCUT2D eigenvalue weighted by molar-refractivity contribution is 7.10. The summed E-state index contributed by atoms with van der Waals surface area (Å²) in [6, 6.07) is 17.2. The number of ether oxygens (including phenoxy) is 1. The maximum absolute atomic E-state index is 13.7. The van der Waals surface area contributed by atoms with E-state index in [9.17, 15) is 9.59 Å². The van der Waals surface area contributed by atoms with Gasteiger partial charge in [-0.05, 0) is 81.8 Å². The highest BCUT2D eigenvalue weighted by atomic mass is 32.1. The molecule has 1 N–H and O–H groups in total. The van der Waals surface area contributed by atoms with Crippen LogP contribution >= 0.6 is 11.3 Å². The van der Waals surface area contributed by atoms with Crippen LogP contribution in [-0.4, -0.2) is 47.0 Å². The molecule has 4 rings (SSSR count). The van der Waals surface area contributed by atoms with E-state index in [0.29, 0.717) is 18.8 Å². The fraction of sp³-hybridized carbons (Fsp3) is 0.379. The molecule has 0 saturated carbocycles. The number of nitrogens with zero attached hydrogens (tertiary/aromatic N) is 2. The topological polar surface area (TPSA) is 61.9 Å². The molecular weight excluding hydrogens is 470 g/mol. The molecule has 0 aliphatic carbocycles. The molecule has 1 aromatic heterocycles. The Morgan fingerprint density at radius 2 is 1.81 bits per heavy atom. The number of hydrogen-bond acceptors (Lipinski definition) is 4. The van der Waals surface area contributed by atoms with E-state index in [-0.39, 0.29) is 24.5 Å². The van der Waals surface area contributed by atoms with Gasteiger partial charge in [0, 0.05) is 22.6 Å². The molecule has 2 aromatic carbocycles. The van der Waals surface area contributed by atoms with Crippen molar-refractivity contribution in [2.24, 2.45) is 0 Å². The maximum Gasteiger partial charge on any atom is 0.322 e. The summed E-state index contributed by atoms with van der Waals surface area (Å²) < 4.78 is 6.21. The zero-order chi connectivity index (χ0) is 25.9. The highest BCUT2D eigenvalue weighted by Gasteiger charge is 2.36. The molecule has 0 radical (unpaired) electrons. The van der Waals surface area contributed by atoms with E-state index in [1.807, 2.05) is 88.0 Å². The van der Waals surface area contributed by atoms with Crippen LogP contribution in [-0.2, 0) is 11.2 Å². The van der Waals surface area contributed by atoms with Gasteiger partial charge in [-0.1, -0.05) is 35.9 Å². The predicted octanol–water partition coefficient (Wildman–Crippen LogP) is 6.20. The molecule has 1 aliphatic rings. The minimum Gasteiger partial charge on any atom is -0.491 e. The molecule has 1 aliphatic heterocycles. The Hall–Kier alpha value is -3.32. The fourth-order valence-electron chi connectivity index (χ4n) is 4.43. The Morgan fingerprint density at radius 1 is 1.08 bits per heavy atom. The zero-order valence-electron chi connectivity index (χ0n) is 21.7. The Morgan fingerprint density at radius 3 is 2.50 bits per heavy atom. The molecule has 0 fully saturated rings. The second kappa shape index (κ2) is 10.7. The first kappa shape index (κ1) is 25.8. The Bertz CT molecular complexity index is 1210. The second-order valence-corrected chi connectivity index (χ2v) is 11.3. The predicted molar refractivity (Wildman–Crippen MR) is 146 cm³/mol. The molecule has 6 nitrogen and oxygen atoms in total. The molecule has 1 unspecified atom stereocenters. The summed E-state index contributed by atoms with van der Waals surface area (Å²) in [4.78, 5) is 31.8. The zero-order valence-corrected chi connectivity index (χ0v) is 22.5. The molecule has 36 heavy (non-hydrogen) atoms. The van der Waals surface area contributed by atoms with Crippen molar-refractivity contribution in [2.75, 3.05) is 25.0 Å². The van der Waals surface area contributed by atoms with E-state index in [1.54, 1.807) is 16.2 Å². The van der Waals surface area contributed by atoms with Crippen molar-refractivity contribution >= 4 is 29.0 Å². The van der Waals surface area contributed by atoms with Crippen LogP contribution in [0.15, 0.2) is 60.0 Å². The normalized spacial score (nSPS) is 15.2. The van der Waals surface area contributed by atoms with Crippen LogP contribution in [0, 0.1) is 13.8 Å². The third-order valence-electron chi connectivity index (χ3n) is 6.56. The molecule has 0 spiro atoms. The SMILES string of the molecule is Cc1ccc(NC(=O)N(CC(=O)N2CCc3sccc3C2COc2ccccc2C)C(C)(C)C)cc1. The first-order valence-corrected chi connectivity index (χ1v) is 13.2. The standard InChI is InChI=1S/C29H35N3O3S/c1-20-10-12-22(13-11-20)30-28(34)32(29(3,4)5)18-27(33)31-16-14-26-23(15-17-36-26)24(31)19-35-25-9-7-6-8-21(25)2/h6-13,15,17,24H,14,16,18-19H2,1-5H3,(H,30,34). The van der Waals surface area contributed by atoms with Gasteiger partial charge in [-0.15, -0.1) is 11.3 Å². The van der Waals surface area contributed by atoms with E-state index >= 15 is 0 Å². The van der Waals surface area contributed by atoms with Gasteiger partial charge in [0.25, 0.3) is 0 Å². The minimum atomic E-state index is -0.541. The average molecular weight is 506 g/mol. The monoisotopic (exact) mass is 505 g/mol. The molecule has 2 heterocycles. The van der Waals surface area contributed by atoms with Crippen LogP contribution < -0.4 is 10.1 Å². The number of thiophene rings is 1. The van der Waals surface area contributed by atoms with Gasteiger partial charge in [0.1, 0.15) is 18.9 Å². The Kier molecular flexibility index (Phi) is 7.69. The van der Waals surface area contributed by atoms with E-state index in [4.69, 9.17) is 4.74 Å². The number of benzene rings is 2. The number of para-hydroxylation sites is 1. The Labute approximate surface area is 217 Å². The van der Waals surface area contributed by atoms with Gasteiger partial charge in [-0.25, -0.2) is 4.79 Å². The summed E-state index contributed by atoms with van der Waals surface area (Å²) in [5.74, 6) is 0.736. The number of hydrogen-bond donors (Lipinski definition) is 1. The van der Waals surface area contributed by atoms with Gasteiger partial charge < -0.3 is 19.9 Å². The lowest BCUT2D eigenvalue weighted by Crippen LogP contribution is -2.54. The van der Waals surface area contributed by atoms with Crippen LogP contribution in [0.5, 0.6) is 5.75 Å². The van der Waals surface area contributed by atoms with Crippen molar-refractivity contribution < 1.29 is 14.3 Å². The third-order valence-corrected chi connectivity index (χ3v) is 7.55. The lowest BCUT2D eigenvalue weighted by atomic mass is 10.00. The smallest absolute Gasteiger partial charge is 0.322 e. The summed E-state index contributed by atoms with van der Waals surface area (Å²) in [5.41, 5.74) is 3.48. The number of urea groups is 1. The molecule has 0 bridgehead atoms. The van der Waals surface area contributed by atoms with E-state index in [2.05, 4.69) is 16.8 Å². The first-order valence-electron chi connectivity index (χ1n) is 12.3. The largest absolute Gasteiger partial charge is 0.491 e. The van der Waals surface area contributed by atoms with Gasteiger partial charge >= 0.3 is 6.03 Å². The van der Waals surface area contributed by atoms with Crippen LogP contribution in [0.25, 0.3) is 0 Å². The molecule has 190 valence electrons. The molecule has 0 saturated heterocycles. The third kappa shape index (κ3) is 5.90. The number of carbonyl (C=O) groups is 2. The lowest BCUT2D eigenvalue weighted by Gasteiger charge is -2.40. The van der Waals surface area contributed by atoms with Crippen molar-refractivity contribution in [1.29, 1.82) is 0 Å². The summed E-state index contributed by atoms with van der Waals surface area (Å²) in [7, 11) is 0. The average Bonchev–Trinajstić information content (AvgIpc) is 3.31. The van der Waals surface area contributed by atoms with Crippen molar-refractivity contribution in [3.8, 4) is 5.75 Å². The summed E-state index contributed by atoms with van der Waals surface area (Å²) in [5, 5.41) is 5.03. The number of carbonyl (C=O) groups excluding carboxylic acids is 2. The number of rotatable bonds is 6. The quantitative estimate of drug-likeness (QED) is 0.434. The molecule has 3 amide bonds. The molecule has 1 atom stereocenters. The number of nitrogens with one attached hydrogen (secondary N) is 1. The van der Waals surface area contributed by atoms with E-state index in [0.717, 1.165) is 28.9 Å². The van der Waals surface area contributed by atoms with Crippen molar-refractivity contribution in [2.45, 2.75) is 52.6 Å². The lowest BCUT2D eigenvalue weighted by molar-refractivity contribution is -0.136.